The molecule has 0 amide bonds. The molecule has 2 aromatic rings. The van der Waals surface area contributed by atoms with Crippen LogP contribution in [0.3, 0.4) is 0 Å². The lowest BCUT2D eigenvalue weighted by Crippen LogP contribution is -2.56. The topological polar surface area (TPSA) is 171 Å². The number of esters is 3. The molecule has 0 bridgehead atoms. The van der Waals surface area contributed by atoms with Crippen molar-refractivity contribution in [3.8, 4) is 0 Å². The average Bonchev–Trinajstić information content (AvgIpc) is 2.79. The lowest BCUT2D eigenvalue weighted by atomic mass is 10.1. The Hall–Kier alpha value is -2.83. The van der Waals surface area contributed by atoms with Crippen LogP contribution in [0.2, 0.25) is 0 Å². The van der Waals surface area contributed by atoms with Gasteiger partial charge in [0.05, 0.1) is 12.1 Å². The molecule has 2 N–H and O–H groups in total. The van der Waals surface area contributed by atoms with Gasteiger partial charge in [-0.2, -0.15) is 0 Å². The van der Waals surface area contributed by atoms with E-state index in [0.29, 0.717) is 11.8 Å². The van der Waals surface area contributed by atoms with Gasteiger partial charge in [0, 0.05) is 43.5 Å². The monoisotopic (exact) mass is 600 g/mol. The van der Waals surface area contributed by atoms with E-state index < -0.39 is 54.7 Å². The number of pyridine rings is 2. The first kappa shape index (κ1) is 35.2. The van der Waals surface area contributed by atoms with E-state index in [0.717, 1.165) is 43.5 Å². The molecule has 40 heavy (non-hydrogen) atoms. The predicted octanol–water partition coefficient (Wildman–Crippen LogP) is 3.40. The molecule has 1 saturated heterocycles. The van der Waals surface area contributed by atoms with E-state index in [4.69, 9.17) is 28.7 Å². The molecule has 14 heteroatoms. The Morgan fingerprint density at radius 2 is 1.23 bits per heavy atom. The molecule has 0 aromatic carbocycles. The third-order valence-corrected chi connectivity index (χ3v) is 7.44. The van der Waals surface area contributed by atoms with Crippen LogP contribution in [0.5, 0.6) is 0 Å². The fraction of sp³-hybridized carbons (Fsp3) is 0.500. The van der Waals surface area contributed by atoms with Gasteiger partial charge in [-0.1, -0.05) is 12.1 Å². The molecule has 0 radical (unpaired) electrons. The summed E-state index contributed by atoms with van der Waals surface area (Å²) in [5, 5.41) is 0. The van der Waals surface area contributed by atoms with Crippen molar-refractivity contribution in [3.63, 3.8) is 0 Å². The number of carbonyl (C=O) groups is 3. The first-order valence-corrected chi connectivity index (χ1v) is 15.0. The van der Waals surface area contributed by atoms with Crippen LogP contribution >= 0.6 is 19.4 Å². The number of nitrogens with zero attached hydrogens (tertiary/aromatic N) is 2. The van der Waals surface area contributed by atoms with Gasteiger partial charge in [-0.15, -0.1) is 11.8 Å². The van der Waals surface area contributed by atoms with Crippen LogP contribution in [0, 0.1) is 27.7 Å². The Bertz CT molecular complexity index is 1100. The Balaban J connectivity index is 0.000000400. The summed E-state index contributed by atoms with van der Waals surface area (Å²) >= 11 is 0.712. The number of hydrogen-bond donors (Lipinski definition) is 2. The predicted molar refractivity (Wildman–Crippen MR) is 148 cm³/mol. The number of ether oxygens (including phenoxy) is 4. The molecular weight excluding hydrogens is 563 g/mol. The van der Waals surface area contributed by atoms with Crippen LogP contribution in [0.4, 0.5) is 0 Å². The van der Waals surface area contributed by atoms with Gasteiger partial charge in [0.1, 0.15) is 5.44 Å². The molecule has 0 unspecified atom stereocenters. The molecule has 3 rings (SSSR count). The van der Waals surface area contributed by atoms with Crippen molar-refractivity contribution in [2.75, 3.05) is 12.1 Å². The molecule has 0 aliphatic carbocycles. The van der Waals surface area contributed by atoms with Crippen LogP contribution in [0.25, 0.3) is 0 Å². The molecule has 222 valence electrons. The summed E-state index contributed by atoms with van der Waals surface area (Å²) in [7, 11) is -4.33. The van der Waals surface area contributed by atoms with Gasteiger partial charge in [0.15, 0.2) is 18.3 Å². The second-order valence-corrected chi connectivity index (χ2v) is 12.0. The number of carbonyl (C=O) groups excluding carboxylic acids is 3. The minimum Gasteiger partial charge on any atom is -0.456 e. The maximum Gasteiger partial charge on any atom is 0.335 e. The van der Waals surface area contributed by atoms with Crippen LogP contribution in [-0.2, 0) is 37.9 Å². The van der Waals surface area contributed by atoms with Crippen LogP contribution in [-0.4, -0.2) is 73.5 Å². The number of thioether (sulfide) groups is 1. The smallest absolute Gasteiger partial charge is 0.335 e. The van der Waals surface area contributed by atoms with Crippen LogP contribution < -0.4 is 0 Å². The number of hydrogen-bond acceptors (Lipinski definition) is 11. The van der Waals surface area contributed by atoms with Crippen molar-refractivity contribution in [3.05, 3.63) is 59.2 Å². The molecule has 0 saturated carbocycles. The highest BCUT2D eigenvalue weighted by atomic mass is 32.2. The SMILES string of the molecule is CC(=O)O[C@@H]1[C@@H](OC(C)=O)[C@H](SCP(=O)(O)O)OC[C@@H]1OC(C)=O.Cc1cccc(C)n1.Cc1cccc(C)n1. The lowest BCUT2D eigenvalue weighted by Gasteiger charge is -2.40. The van der Waals surface area contributed by atoms with Gasteiger partial charge in [-0.3, -0.25) is 28.9 Å². The lowest BCUT2D eigenvalue weighted by molar-refractivity contribution is -0.213. The van der Waals surface area contributed by atoms with E-state index >= 15 is 0 Å². The van der Waals surface area contributed by atoms with Crippen molar-refractivity contribution in [1.82, 2.24) is 9.97 Å². The van der Waals surface area contributed by atoms with E-state index in [9.17, 15) is 18.9 Å². The van der Waals surface area contributed by atoms with Gasteiger partial charge in [0.2, 0.25) is 0 Å². The fourth-order valence-electron chi connectivity index (χ4n) is 3.38. The average molecular weight is 601 g/mol. The Kier molecular flexibility index (Phi) is 15.0. The minimum absolute atomic E-state index is 0.186. The number of aromatic nitrogens is 2. The standard InChI is InChI=1S/C12H19O10PS.2C7H9N/c1-6(13)20-9-4-19-12(24-5-23(16,17)18)11(22-8(3)15)10(9)21-7(2)14;2*1-6-4-3-5-7(2)8-6/h9-12H,4-5H2,1-3H3,(H2,16,17,18);2*3-5H,1-2H3/t9-,10-,11+,12-;;/m0../s1. The van der Waals surface area contributed by atoms with Gasteiger partial charge in [-0.05, 0) is 52.0 Å². The van der Waals surface area contributed by atoms with Crippen molar-refractivity contribution >= 4 is 37.3 Å². The Morgan fingerprint density at radius 3 is 1.55 bits per heavy atom. The molecule has 12 nitrogen and oxygen atoms in total. The second kappa shape index (κ2) is 17.1. The molecule has 0 spiro atoms. The summed E-state index contributed by atoms with van der Waals surface area (Å²) < 4.78 is 31.6. The maximum atomic E-state index is 11.3. The van der Waals surface area contributed by atoms with Gasteiger partial charge >= 0.3 is 25.5 Å². The van der Waals surface area contributed by atoms with E-state index in [2.05, 4.69) is 9.97 Å². The van der Waals surface area contributed by atoms with E-state index in [-0.39, 0.29) is 6.61 Å². The summed E-state index contributed by atoms with van der Waals surface area (Å²) in [4.78, 5) is 60.1. The normalized spacial score (nSPS) is 20.0. The zero-order chi connectivity index (χ0) is 30.5. The van der Waals surface area contributed by atoms with E-state index in [1.165, 1.54) is 0 Å². The molecule has 3 heterocycles. The highest BCUT2D eigenvalue weighted by Crippen LogP contribution is 2.42. The van der Waals surface area contributed by atoms with Crippen molar-refractivity contribution < 1.29 is 47.7 Å². The third-order valence-electron chi connectivity index (χ3n) is 4.77. The summed E-state index contributed by atoms with van der Waals surface area (Å²) in [6.45, 7) is 11.2. The summed E-state index contributed by atoms with van der Waals surface area (Å²) in [5.41, 5.74) is 2.77. The quantitative estimate of drug-likeness (QED) is 0.281. The molecule has 1 aliphatic heterocycles. The van der Waals surface area contributed by atoms with Crippen molar-refractivity contribution in [2.45, 2.75) is 72.2 Å². The minimum atomic E-state index is -4.33. The molecular formula is C26H37N2O10PS. The van der Waals surface area contributed by atoms with Gasteiger partial charge in [-0.25, -0.2) is 0 Å². The molecule has 1 aliphatic rings. The zero-order valence-corrected chi connectivity index (χ0v) is 25.3. The Labute approximate surface area is 238 Å². The first-order valence-electron chi connectivity index (χ1n) is 12.2. The summed E-state index contributed by atoms with van der Waals surface area (Å²) in [6, 6.07) is 12.0. The largest absolute Gasteiger partial charge is 0.456 e. The first-order chi connectivity index (χ1) is 18.6. The highest BCUT2D eigenvalue weighted by Gasteiger charge is 2.47. The van der Waals surface area contributed by atoms with Gasteiger partial charge in [0.25, 0.3) is 0 Å². The van der Waals surface area contributed by atoms with E-state index in [1.54, 1.807) is 0 Å². The Morgan fingerprint density at radius 1 is 0.825 bits per heavy atom. The van der Waals surface area contributed by atoms with Gasteiger partial charge < -0.3 is 28.7 Å². The van der Waals surface area contributed by atoms with Crippen molar-refractivity contribution in [2.24, 2.45) is 0 Å². The third kappa shape index (κ3) is 15.1. The summed E-state index contributed by atoms with van der Waals surface area (Å²) in [6.07, 6.45) is -3.36. The fourth-order valence-corrected chi connectivity index (χ4v) is 5.32. The second-order valence-electron chi connectivity index (χ2n) is 8.80. The number of aryl methyl sites for hydroxylation is 4. The van der Waals surface area contributed by atoms with Crippen LogP contribution in [0.1, 0.15) is 43.5 Å². The zero-order valence-electron chi connectivity index (χ0n) is 23.6. The van der Waals surface area contributed by atoms with E-state index in [1.807, 2.05) is 64.1 Å². The molecule has 4 atom stereocenters. The maximum absolute atomic E-state index is 11.3. The van der Waals surface area contributed by atoms with Crippen molar-refractivity contribution in [1.29, 1.82) is 0 Å². The number of rotatable bonds is 6. The highest BCUT2D eigenvalue weighted by molar-refractivity contribution is 8.04. The van der Waals surface area contributed by atoms with Crippen LogP contribution in [0.15, 0.2) is 36.4 Å². The molecule has 2 aromatic heterocycles. The summed E-state index contributed by atoms with van der Waals surface area (Å²) in [5.74, 6) is -2.07. The molecule has 1 fully saturated rings.